The highest BCUT2D eigenvalue weighted by Crippen LogP contribution is 2.35. The number of aromatic nitrogens is 2. The van der Waals surface area contributed by atoms with Gasteiger partial charge in [0.15, 0.2) is 0 Å². The van der Waals surface area contributed by atoms with Crippen molar-refractivity contribution in [1.29, 1.82) is 0 Å². The molecule has 3 aromatic rings. The molecular weight excluding hydrogens is 335 g/mol. The van der Waals surface area contributed by atoms with Crippen LogP contribution in [0.2, 0.25) is 0 Å². The average molecular weight is 352 g/mol. The van der Waals surface area contributed by atoms with E-state index < -0.39 is 12.1 Å². The number of nitrogens with two attached hydrogens (primary N) is 1. The molecule has 0 saturated heterocycles. The van der Waals surface area contributed by atoms with E-state index in [2.05, 4.69) is 15.3 Å². The van der Waals surface area contributed by atoms with E-state index in [1.807, 2.05) is 12.1 Å². The van der Waals surface area contributed by atoms with Gasteiger partial charge in [0.1, 0.15) is 12.0 Å². The molecule has 1 saturated carbocycles. The molecule has 6 nitrogen and oxygen atoms in total. The van der Waals surface area contributed by atoms with Crippen molar-refractivity contribution in [2.45, 2.75) is 19.5 Å². The van der Waals surface area contributed by atoms with Crippen LogP contribution in [0, 0.1) is 12.8 Å². The quantitative estimate of drug-likeness (QED) is 0.629. The van der Waals surface area contributed by atoms with Crippen LogP contribution in [-0.4, -0.2) is 27.2 Å². The van der Waals surface area contributed by atoms with Gasteiger partial charge in [-0.1, -0.05) is 0 Å². The standard InChI is InChI=1S/C19H17FN4O2/c1-9-12(2-3-18(25)23-9)10-4-11-6-17(22-8-14(11)16(21)5-10)24-19(26)13-7-15(13)20/h2-6,8,13,15H,7,21H2,1H3,(H,23,25)(H,22,24,26). The first-order valence-corrected chi connectivity index (χ1v) is 8.23. The van der Waals surface area contributed by atoms with Gasteiger partial charge in [-0.25, -0.2) is 14.4 Å². The van der Waals surface area contributed by atoms with Gasteiger partial charge in [0.25, 0.3) is 0 Å². The lowest BCUT2D eigenvalue weighted by Gasteiger charge is -2.11. The Morgan fingerprint density at radius 2 is 2.12 bits per heavy atom. The van der Waals surface area contributed by atoms with Crippen LogP contribution in [0.5, 0.6) is 5.88 Å². The minimum absolute atomic E-state index is 0.0412. The van der Waals surface area contributed by atoms with E-state index in [0.717, 1.165) is 21.9 Å². The Kier molecular flexibility index (Phi) is 3.72. The first kappa shape index (κ1) is 16.3. The van der Waals surface area contributed by atoms with E-state index in [4.69, 9.17) is 5.73 Å². The number of benzene rings is 1. The van der Waals surface area contributed by atoms with Crippen LogP contribution in [-0.2, 0) is 4.79 Å². The lowest BCUT2D eigenvalue weighted by atomic mass is 10.00. The Morgan fingerprint density at radius 3 is 2.81 bits per heavy atom. The molecule has 2 unspecified atom stereocenters. The number of rotatable bonds is 3. The second-order valence-corrected chi connectivity index (χ2v) is 6.51. The average Bonchev–Trinajstić information content (AvgIpc) is 3.31. The summed E-state index contributed by atoms with van der Waals surface area (Å²) in [6, 6.07) is 8.74. The Hall–Kier alpha value is -3.22. The number of nitrogen functional groups attached to an aromatic ring is 1. The van der Waals surface area contributed by atoms with E-state index in [-0.39, 0.29) is 18.2 Å². The lowest BCUT2D eigenvalue weighted by molar-refractivity contribution is -0.117. The smallest absolute Gasteiger partial charge is 0.231 e. The van der Waals surface area contributed by atoms with Crippen LogP contribution in [0.15, 0.2) is 36.5 Å². The zero-order valence-electron chi connectivity index (χ0n) is 14.0. The Morgan fingerprint density at radius 1 is 1.35 bits per heavy atom. The molecule has 4 rings (SSSR count). The molecule has 2 atom stereocenters. The van der Waals surface area contributed by atoms with Gasteiger partial charge in [0.05, 0.1) is 5.92 Å². The second kappa shape index (κ2) is 5.94. The van der Waals surface area contributed by atoms with Crippen LogP contribution < -0.4 is 11.1 Å². The molecule has 0 aliphatic heterocycles. The van der Waals surface area contributed by atoms with Gasteiger partial charge >= 0.3 is 0 Å². The molecule has 132 valence electrons. The molecule has 1 aliphatic carbocycles. The monoisotopic (exact) mass is 352 g/mol. The maximum Gasteiger partial charge on any atom is 0.231 e. The van der Waals surface area contributed by atoms with Crippen molar-refractivity contribution in [1.82, 2.24) is 9.97 Å². The summed E-state index contributed by atoms with van der Waals surface area (Å²) in [6.45, 7) is 1.80. The molecule has 2 aromatic heterocycles. The van der Waals surface area contributed by atoms with Crippen molar-refractivity contribution in [3.63, 3.8) is 0 Å². The maximum atomic E-state index is 13.0. The van der Waals surface area contributed by atoms with Gasteiger partial charge in [-0.15, -0.1) is 0 Å². The van der Waals surface area contributed by atoms with E-state index >= 15 is 0 Å². The van der Waals surface area contributed by atoms with Crippen molar-refractivity contribution >= 4 is 28.2 Å². The van der Waals surface area contributed by atoms with Crippen LogP contribution in [0.4, 0.5) is 15.9 Å². The molecule has 0 bridgehead atoms. The Balaban J connectivity index is 1.73. The fraction of sp³-hybridized carbons (Fsp3) is 0.211. The van der Waals surface area contributed by atoms with Crippen molar-refractivity contribution in [2.75, 3.05) is 11.1 Å². The zero-order chi connectivity index (χ0) is 18.4. The minimum atomic E-state index is -1.05. The molecule has 2 heterocycles. The van der Waals surface area contributed by atoms with Gasteiger partial charge in [-0.05, 0) is 48.6 Å². The number of amides is 1. The van der Waals surface area contributed by atoms with E-state index in [0.29, 0.717) is 17.2 Å². The predicted molar refractivity (Wildman–Crippen MR) is 97.4 cm³/mol. The number of hydrogen-bond acceptors (Lipinski definition) is 5. The molecule has 4 N–H and O–H groups in total. The molecule has 0 spiro atoms. The number of fused-ring (bicyclic) bond motifs is 1. The van der Waals surface area contributed by atoms with Crippen molar-refractivity contribution in [2.24, 2.45) is 5.92 Å². The van der Waals surface area contributed by atoms with Crippen molar-refractivity contribution in [3.8, 4) is 17.0 Å². The predicted octanol–water partition coefficient (Wildman–Crippen LogP) is 3.19. The topological polar surface area (TPSA) is 101 Å². The summed E-state index contributed by atoms with van der Waals surface area (Å²) in [4.78, 5) is 20.2. The van der Waals surface area contributed by atoms with Gasteiger partial charge in [-0.3, -0.25) is 4.79 Å². The lowest BCUT2D eigenvalue weighted by Crippen LogP contribution is -2.15. The fourth-order valence-electron chi connectivity index (χ4n) is 3.02. The zero-order valence-corrected chi connectivity index (χ0v) is 14.0. The fourth-order valence-corrected chi connectivity index (χ4v) is 3.02. The number of pyridine rings is 2. The van der Waals surface area contributed by atoms with Gasteiger partial charge in [-0.2, -0.15) is 0 Å². The summed E-state index contributed by atoms with van der Waals surface area (Å²) in [5.74, 6) is -0.610. The Labute approximate surface area is 148 Å². The molecular formula is C19H17FN4O2. The van der Waals surface area contributed by atoms with E-state index in [1.54, 1.807) is 25.3 Å². The third-order valence-electron chi connectivity index (χ3n) is 4.55. The van der Waals surface area contributed by atoms with Gasteiger partial charge in [0, 0.05) is 34.6 Å². The number of nitrogens with zero attached hydrogens (tertiary/aromatic N) is 2. The highest BCUT2D eigenvalue weighted by atomic mass is 19.1. The first-order chi connectivity index (χ1) is 12.4. The first-order valence-electron chi connectivity index (χ1n) is 8.23. The van der Waals surface area contributed by atoms with Crippen LogP contribution in [0.3, 0.4) is 0 Å². The molecule has 1 amide bonds. The van der Waals surface area contributed by atoms with Crippen LogP contribution >= 0.6 is 0 Å². The van der Waals surface area contributed by atoms with Crippen LogP contribution in [0.1, 0.15) is 12.1 Å². The number of alkyl halides is 1. The molecule has 1 fully saturated rings. The third-order valence-corrected chi connectivity index (χ3v) is 4.55. The second-order valence-electron chi connectivity index (χ2n) is 6.51. The number of aromatic hydroxyl groups is 1. The number of anilines is 2. The highest BCUT2D eigenvalue weighted by Gasteiger charge is 2.43. The molecule has 7 heteroatoms. The number of nitrogens with one attached hydrogen (secondary N) is 1. The minimum Gasteiger partial charge on any atom is -0.493 e. The summed E-state index contributed by atoms with van der Waals surface area (Å²) in [5, 5.41) is 13.7. The molecule has 1 aromatic carbocycles. The van der Waals surface area contributed by atoms with Gasteiger partial charge < -0.3 is 16.2 Å². The summed E-state index contributed by atoms with van der Waals surface area (Å²) < 4.78 is 13.0. The van der Waals surface area contributed by atoms with Crippen molar-refractivity contribution < 1.29 is 14.3 Å². The Bertz CT molecular complexity index is 1040. The number of carbonyl (C=O) groups is 1. The third kappa shape index (κ3) is 2.92. The summed E-state index contributed by atoms with van der Waals surface area (Å²) in [6.07, 6.45) is 0.804. The van der Waals surface area contributed by atoms with Crippen molar-refractivity contribution in [3.05, 3.63) is 42.2 Å². The SMILES string of the molecule is Cc1nc(O)ccc1-c1cc(N)c2cnc(NC(=O)C3CC3F)cc2c1. The number of hydrogen-bond donors (Lipinski definition) is 3. The number of aryl methyl sites for hydroxylation is 1. The largest absolute Gasteiger partial charge is 0.493 e. The molecule has 0 radical (unpaired) electrons. The summed E-state index contributed by atoms with van der Waals surface area (Å²) >= 11 is 0. The normalized spacial score (nSPS) is 18.7. The molecule has 1 aliphatic rings. The van der Waals surface area contributed by atoms with Crippen LogP contribution in [0.25, 0.3) is 21.9 Å². The maximum absolute atomic E-state index is 13.0. The summed E-state index contributed by atoms with van der Waals surface area (Å²) in [5.41, 5.74) is 9.06. The van der Waals surface area contributed by atoms with Gasteiger partial charge in [0.2, 0.25) is 11.8 Å². The molecule has 26 heavy (non-hydrogen) atoms. The number of halogens is 1. The highest BCUT2D eigenvalue weighted by molar-refractivity contribution is 6.00. The van der Waals surface area contributed by atoms with E-state index in [1.165, 1.54) is 6.07 Å². The summed E-state index contributed by atoms with van der Waals surface area (Å²) in [7, 11) is 0. The van der Waals surface area contributed by atoms with E-state index in [9.17, 15) is 14.3 Å². The number of carbonyl (C=O) groups excluding carboxylic acids is 1.